The molecule has 1 fully saturated rings. The van der Waals surface area contributed by atoms with E-state index in [9.17, 15) is 28.3 Å². The molecule has 0 aliphatic carbocycles. The second-order valence-corrected chi connectivity index (χ2v) is 4.76. The Hall–Kier alpha value is -2.51. The minimum absolute atomic E-state index is 0.206. The number of halogens is 2. The molecule has 2 unspecified atom stereocenters. The van der Waals surface area contributed by atoms with Gasteiger partial charge in [0.25, 0.3) is 0 Å². The van der Waals surface area contributed by atoms with Crippen LogP contribution < -0.4 is 5.73 Å². The molecule has 0 radical (unpaired) electrons. The van der Waals surface area contributed by atoms with Gasteiger partial charge in [0, 0.05) is 24.6 Å². The SMILES string of the molecule is NC(=O)C1CC(=O)N(C(C(=O)O)c2ccc(F)cc2F)C1. The Kier molecular flexibility index (Phi) is 3.88. The fourth-order valence-electron chi connectivity index (χ4n) is 2.33. The fourth-order valence-corrected chi connectivity index (χ4v) is 2.33. The normalized spacial score (nSPS) is 19.6. The number of hydrogen-bond donors (Lipinski definition) is 2. The highest BCUT2D eigenvalue weighted by atomic mass is 19.1. The average Bonchev–Trinajstić information content (AvgIpc) is 2.74. The first-order valence-corrected chi connectivity index (χ1v) is 6.07. The van der Waals surface area contributed by atoms with Crippen molar-refractivity contribution in [3.63, 3.8) is 0 Å². The Balaban J connectivity index is 2.38. The molecule has 112 valence electrons. The Bertz CT molecular complexity index is 620. The molecule has 1 aromatic carbocycles. The third kappa shape index (κ3) is 2.83. The Morgan fingerprint density at radius 2 is 2.05 bits per heavy atom. The second kappa shape index (κ2) is 5.47. The maximum atomic E-state index is 13.8. The number of carboxylic acids is 1. The zero-order valence-electron chi connectivity index (χ0n) is 10.8. The number of benzene rings is 1. The van der Waals surface area contributed by atoms with Gasteiger partial charge in [0.05, 0.1) is 5.92 Å². The number of nitrogens with two attached hydrogens (primary N) is 1. The number of likely N-dealkylation sites (tertiary alicyclic amines) is 1. The third-order valence-electron chi connectivity index (χ3n) is 3.36. The van der Waals surface area contributed by atoms with Gasteiger partial charge < -0.3 is 15.7 Å². The van der Waals surface area contributed by atoms with Gasteiger partial charge in [-0.25, -0.2) is 13.6 Å². The molecule has 1 saturated heterocycles. The van der Waals surface area contributed by atoms with Gasteiger partial charge in [-0.1, -0.05) is 6.07 Å². The average molecular weight is 298 g/mol. The minimum atomic E-state index is -1.62. The molecule has 2 amide bonds. The van der Waals surface area contributed by atoms with Gasteiger partial charge in [0.2, 0.25) is 11.8 Å². The van der Waals surface area contributed by atoms with Crippen LogP contribution >= 0.6 is 0 Å². The standard InChI is InChI=1S/C13H12F2N2O4/c14-7-1-2-8(9(15)4-7)11(13(20)21)17-5-6(12(16)19)3-10(17)18/h1-2,4,6,11H,3,5H2,(H2,16,19)(H,20,21). The number of rotatable bonds is 4. The monoisotopic (exact) mass is 298 g/mol. The summed E-state index contributed by atoms with van der Waals surface area (Å²) in [6.45, 7) is -0.206. The first-order valence-electron chi connectivity index (χ1n) is 6.07. The van der Waals surface area contributed by atoms with E-state index < -0.39 is 41.4 Å². The highest BCUT2D eigenvalue weighted by Crippen LogP contribution is 2.30. The molecule has 2 atom stereocenters. The molecule has 2 rings (SSSR count). The lowest BCUT2D eigenvalue weighted by molar-refractivity contribution is -0.148. The molecule has 1 aliphatic rings. The van der Waals surface area contributed by atoms with E-state index in [4.69, 9.17) is 5.73 Å². The largest absolute Gasteiger partial charge is 0.479 e. The summed E-state index contributed by atoms with van der Waals surface area (Å²) < 4.78 is 26.7. The Morgan fingerprint density at radius 1 is 1.38 bits per heavy atom. The highest BCUT2D eigenvalue weighted by molar-refractivity contribution is 5.91. The summed E-state index contributed by atoms with van der Waals surface area (Å²) in [5.74, 6) is -5.56. The van der Waals surface area contributed by atoms with Crippen LogP contribution in [0.3, 0.4) is 0 Å². The number of carbonyl (C=O) groups excluding carboxylic acids is 2. The summed E-state index contributed by atoms with van der Waals surface area (Å²) in [5, 5.41) is 9.25. The van der Waals surface area contributed by atoms with Crippen LogP contribution in [0, 0.1) is 17.6 Å². The predicted octanol–water partition coefficient (Wildman–Crippen LogP) is 0.424. The Labute approximate surface area is 118 Å². The van der Waals surface area contributed by atoms with Crippen molar-refractivity contribution >= 4 is 17.8 Å². The van der Waals surface area contributed by atoms with E-state index >= 15 is 0 Å². The van der Waals surface area contributed by atoms with Crippen molar-refractivity contribution in [3.05, 3.63) is 35.4 Å². The quantitative estimate of drug-likeness (QED) is 0.841. The van der Waals surface area contributed by atoms with Crippen LogP contribution in [0.25, 0.3) is 0 Å². The molecule has 1 aromatic rings. The molecule has 0 aromatic heterocycles. The molecule has 8 heteroatoms. The van der Waals surface area contributed by atoms with E-state index in [2.05, 4.69) is 0 Å². The highest BCUT2D eigenvalue weighted by Gasteiger charge is 2.41. The molecule has 0 bridgehead atoms. The van der Waals surface area contributed by atoms with E-state index in [-0.39, 0.29) is 18.5 Å². The molecule has 21 heavy (non-hydrogen) atoms. The number of hydrogen-bond acceptors (Lipinski definition) is 3. The topological polar surface area (TPSA) is 101 Å². The van der Waals surface area contributed by atoms with Crippen molar-refractivity contribution in [1.82, 2.24) is 4.90 Å². The van der Waals surface area contributed by atoms with Crippen LogP contribution in [0.15, 0.2) is 18.2 Å². The van der Waals surface area contributed by atoms with Gasteiger partial charge in [0.15, 0.2) is 6.04 Å². The molecular formula is C13H12F2N2O4. The summed E-state index contributed by atoms with van der Waals surface area (Å²) in [5.41, 5.74) is 4.75. The van der Waals surface area contributed by atoms with Crippen molar-refractivity contribution in [2.24, 2.45) is 11.7 Å². The number of carbonyl (C=O) groups is 3. The van der Waals surface area contributed by atoms with E-state index in [0.29, 0.717) is 6.07 Å². The summed E-state index contributed by atoms with van der Waals surface area (Å²) >= 11 is 0. The molecule has 0 saturated carbocycles. The van der Waals surface area contributed by atoms with Crippen LogP contribution in [-0.4, -0.2) is 34.3 Å². The number of amides is 2. The molecule has 1 heterocycles. The molecule has 1 aliphatic heterocycles. The van der Waals surface area contributed by atoms with Gasteiger partial charge in [0.1, 0.15) is 11.6 Å². The Morgan fingerprint density at radius 3 is 2.52 bits per heavy atom. The molecule has 3 N–H and O–H groups in total. The summed E-state index contributed by atoms with van der Waals surface area (Å²) in [7, 11) is 0. The van der Waals surface area contributed by atoms with Crippen LogP contribution in [0.4, 0.5) is 8.78 Å². The van der Waals surface area contributed by atoms with E-state index in [1.807, 2.05) is 0 Å². The summed E-state index contributed by atoms with van der Waals surface area (Å²) in [6, 6.07) is 0.786. The third-order valence-corrected chi connectivity index (χ3v) is 3.36. The van der Waals surface area contributed by atoms with Crippen LogP contribution in [0.1, 0.15) is 18.0 Å². The first-order chi connectivity index (χ1) is 9.81. The molecular weight excluding hydrogens is 286 g/mol. The lowest BCUT2D eigenvalue weighted by Crippen LogP contribution is -2.37. The van der Waals surface area contributed by atoms with Crippen molar-refractivity contribution < 1.29 is 28.3 Å². The summed E-state index contributed by atoms with van der Waals surface area (Å²) in [4.78, 5) is 35.2. The van der Waals surface area contributed by atoms with Crippen LogP contribution in [-0.2, 0) is 14.4 Å². The lowest BCUT2D eigenvalue weighted by Gasteiger charge is -2.25. The lowest BCUT2D eigenvalue weighted by atomic mass is 10.0. The molecule has 0 spiro atoms. The van der Waals surface area contributed by atoms with E-state index in [0.717, 1.165) is 17.0 Å². The van der Waals surface area contributed by atoms with E-state index in [1.165, 1.54) is 0 Å². The van der Waals surface area contributed by atoms with Gasteiger partial charge in [-0.2, -0.15) is 0 Å². The fraction of sp³-hybridized carbons (Fsp3) is 0.308. The minimum Gasteiger partial charge on any atom is -0.479 e. The smallest absolute Gasteiger partial charge is 0.331 e. The van der Waals surface area contributed by atoms with Crippen LogP contribution in [0.2, 0.25) is 0 Å². The van der Waals surface area contributed by atoms with E-state index in [1.54, 1.807) is 0 Å². The molecule has 6 nitrogen and oxygen atoms in total. The van der Waals surface area contributed by atoms with Crippen molar-refractivity contribution in [2.45, 2.75) is 12.5 Å². The van der Waals surface area contributed by atoms with Crippen molar-refractivity contribution in [1.29, 1.82) is 0 Å². The maximum absolute atomic E-state index is 13.8. The number of carboxylic acid groups (broad SMARTS) is 1. The zero-order valence-corrected chi connectivity index (χ0v) is 10.8. The van der Waals surface area contributed by atoms with Gasteiger partial charge in [-0.15, -0.1) is 0 Å². The van der Waals surface area contributed by atoms with Crippen molar-refractivity contribution in [3.8, 4) is 0 Å². The number of aliphatic carboxylic acids is 1. The number of primary amides is 1. The summed E-state index contributed by atoms with van der Waals surface area (Å²) in [6.07, 6.45) is -0.220. The van der Waals surface area contributed by atoms with Crippen molar-refractivity contribution in [2.75, 3.05) is 6.54 Å². The zero-order chi connectivity index (χ0) is 15.7. The first kappa shape index (κ1) is 14.9. The van der Waals surface area contributed by atoms with Gasteiger partial charge >= 0.3 is 5.97 Å². The predicted molar refractivity (Wildman–Crippen MR) is 65.7 cm³/mol. The maximum Gasteiger partial charge on any atom is 0.331 e. The number of nitrogens with zero attached hydrogens (tertiary/aromatic N) is 1. The van der Waals surface area contributed by atoms with Gasteiger partial charge in [-0.05, 0) is 6.07 Å². The van der Waals surface area contributed by atoms with Crippen LogP contribution in [0.5, 0.6) is 0 Å². The second-order valence-electron chi connectivity index (χ2n) is 4.76. The van der Waals surface area contributed by atoms with Gasteiger partial charge in [-0.3, -0.25) is 9.59 Å².